The molecule has 6 aromatic carbocycles. The van der Waals surface area contributed by atoms with E-state index in [1.165, 1.54) is 0 Å². The molecule has 0 amide bonds. The molecule has 2 unspecified atom stereocenters. The van der Waals surface area contributed by atoms with E-state index in [0.29, 0.717) is 26.8 Å². The molecule has 2 atom stereocenters. The Bertz CT molecular complexity index is 1690. The van der Waals surface area contributed by atoms with Gasteiger partial charge < -0.3 is 10.2 Å². The predicted octanol–water partition coefficient (Wildman–Crippen LogP) is 5.59. The molecule has 0 spiro atoms. The van der Waals surface area contributed by atoms with Crippen LogP contribution in [0.15, 0.2) is 164 Å². The van der Waals surface area contributed by atoms with E-state index in [2.05, 4.69) is 0 Å². The first-order valence-corrected chi connectivity index (χ1v) is 19.1. The number of benzene rings is 6. The van der Waals surface area contributed by atoms with E-state index >= 15 is 0 Å². The average molecular weight is 711 g/mol. The zero-order valence-electron chi connectivity index (χ0n) is 26.3. The fourth-order valence-electron chi connectivity index (χ4n) is 4.91. The topological polar surface area (TPSA) is 121 Å². The van der Waals surface area contributed by atoms with Crippen molar-refractivity contribution in [1.82, 2.24) is 0 Å². The van der Waals surface area contributed by atoms with Crippen LogP contribution in [0.25, 0.3) is 10.8 Å². The van der Waals surface area contributed by atoms with Crippen LogP contribution < -0.4 is 21.2 Å². The van der Waals surface area contributed by atoms with E-state index in [4.69, 9.17) is 5.11 Å². The molecule has 6 N–H and O–H groups in total. The average Bonchev–Trinajstić information content (AvgIpc) is 3.13. The van der Waals surface area contributed by atoms with Crippen LogP contribution in [0.1, 0.15) is 18.1 Å². The summed E-state index contributed by atoms with van der Waals surface area (Å²) in [5.74, 6) is 0. The number of hydrogen-bond donors (Lipinski definition) is 6. The number of fused-ring (bicyclic) bond motifs is 1. The third kappa shape index (κ3) is 10.5. The molecular weight excluding hydrogens is 671 g/mol. The molecule has 0 bridgehead atoms. The van der Waals surface area contributed by atoms with Gasteiger partial charge in [-0.1, -0.05) is 36.4 Å². The van der Waals surface area contributed by atoms with Crippen molar-refractivity contribution in [1.29, 1.82) is 0 Å². The van der Waals surface area contributed by atoms with Gasteiger partial charge in [0.1, 0.15) is 0 Å². The second-order valence-electron chi connectivity index (χ2n) is 11.2. The predicted molar refractivity (Wildman–Crippen MR) is 195 cm³/mol. The summed E-state index contributed by atoms with van der Waals surface area (Å²) in [5.41, 5.74) is 0.363. The Hall–Kier alpha value is -4.01. The van der Waals surface area contributed by atoms with Gasteiger partial charge in [0, 0.05) is 6.42 Å². The number of aliphatic hydroxyl groups is 2. The fraction of sp³-hybridized carbons (Fsp3) is 0.105. The van der Waals surface area contributed by atoms with Gasteiger partial charge in [0.15, 0.2) is 6.10 Å². The zero-order chi connectivity index (χ0) is 35.5. The first-order valence-electron chi connectivity index (χ1n) is 15.3. The Labute approximate surface area is 284 Å². The number of halogens is 3. The Balaban J connectivity index is 0.000000167. The van der Waals surface area contributed by atoms with Gasteiger partial charge in [0.05, 0.1) is 6.10 Å². The number of rotatable bonds is 7. The molecule has 0 aliphatic rings. The number of aliphatic hydroxyl groups excluding tert-OH is 2. The van der Waals surface area contributed by atoms with Crippen molar-refractivity contribution >= 4 is 47.4 Å². The molecule has 6 rings (SSSR count). The molecule has 0 saturated heterocycles. The summed E-state index contributed by atoms with van der Waals surface area (Å²) in [7, 11) is -6.91. The minimum atomic E-state index is -4.71. The Morgan fingerprint density at radius 3 is 1.12 bits per heavy atom. The van der Waals surface area contributed by atoms with Crippen LogP contribution in [0.2, 0.25) is 0 Å². The molecule has 0 aromatic heterocycles. The Kier molecular flexibility index (Phi) is 13.2. The first-order chi connectivity index (χ1) is 23.3. The molecule has 0 aliphatic heterocycles. The van der Waals surface area contributed by atoms with Crippen LogP contribution in [0.5, 0.6) is 0 Å². The first kappa shape index (κ1) is 37.8. The van der Waals surface area contributed by atoms with E-state index in [1.54, 1.807) is 66.7 Å². The molecule has 6 aromatic rings. The summed E-state index contributed by atoms with van der Waals surface area (Å²) in [6.07, 6.45) is -9.34. The molecule has 6 nitrogen and oxygen atoms in total. The van der Waals surface area contributed by atoms with Gasteiger partial charge in [0.25, 0.3) is 0 Å². The van der Waals surface area contributed by atoms with Crippen molar-refractivity contribution in [3.8, 4) is 0 Å². The van der Waals surface area contributed by atoms with Gasteiger partial charge >= 0.3 is 184 Å². The summed E-state index contributed by atoms with van der Waals surface area (Å²) >= 11 is 0. The second-order valence-corrected chi connectivity index (χ2v) is 16.2. The third-order valence-electron chi connectivity index (χ3n) is 7.69. The zero-order valence-corrected chi connectivity index (χ0v) is 28.3. The molecular formula is C38H39F3O6P2. The van der Waals surface area contributed by atoms with E-state index in [0.717, 1.165) is 10.8 Å². The molecule has 49 heavy (non-hydrogen) atoms. The van der Waals surface area contributed by atoms with Crippen molar-refractivity contribution in [3.63, 3.8) is 0 Å². The summed E-state index contributed by atoms with van der Waals surface area (Å²) in [6, 6.07) is 48.2. The van der Waals surface area contributed by atoms with Crippen molar-refractivity contribution in [2.75, 3.05) is 0 Å². The van der Waals surface area contributed by atoms with Crippen molar-refractivity contribution in [3.05, 3.63) is 169 Å². The van der Waals surface area contributed by atoms with Gasteiger partial charge in [-0.05, 0) is 22.4 Å². The van der Waals surface area contributed by atoms with Crippen LogP contribution in [0.4, 0.5) is 13.2 Å². The SMILES string of the molecule is OC(CC(O)C(F)(F)F)c1ccc2ccccc2c1.O[PH](O)(c1ccccc1)c1ccccc1.O[PH](O)(c1ccccc1)c1ccccc1. The molecule has 0 radical (unpaired) electrons. The van der Waals surface area contributed by atoms with Gasteiger partial charge in [-0.3, -0.25) is 0 Å². The van der Waals surface area contributed by atoms with E-state index in [1.807, 2.05) is 97.1 Å². The third-order valence-corrected chi connectivity index (χ3v) is 12.2. The Morgan fingerprint density at radius 2 is 0.776 bits per heavy atom. The molecule has 258 valence electrons. The van der Waals surface area contributed by atoms with Gasteiger partial charge in [-0.15, -0.1) is 0 Å². The van der Waals surface area contributed by atoms with Crippen LogP contribution in [0.3, 0.4) is 0 Å². The molecule has 0 heterocycles. The summed E-state index contributed by atoms with van der Waals surface area (Å²) in [4.78, 5) is 40.6. The number of alkyl halides is 3. The normalized spacial score (nSPS) is 13.6. The standard InChI is InChI=1S/C14H13F3O2.2C12H13O2P/c15-14(16,17)13(19)8-12(18)11-6-5-9-3-1-2-4-10(9)7-11;2*13-15(14,11-7-3-1-4-8-11)12-9-5-2-6-10-12/h1-7,12-13,18-19H,8H2;2*1-10,13-15H. The monoisotopic (exact) mass is 710 g/mol. The Morgan fingerprint density at radius 1 is 0.449 bits per heavy atom. The van der Waals surface area contributed by atoms with Crippen molar-refractivity contribution in [2.24, 2.45) is 0 Å². The quantitative estimate of drug-likeness (QED) is 0.120. The van der Waals surface area contributed by atoms with Crippen LogP contribution in [-0.2, 0) is 0 Å². The summed E-state index contributed by atoms with van der Waals surface area (Å²) in [6.45, 7) is 0. The van der Waals surface area contributed by atoms with Gasteiger partial charge in [0.2, 0.25) is 0 Å². The maximum atomic E-state index is 12.2. The molecule has 0 saturated carbocycles. The van der Waals surface area contributed by atoms with Gasteiger partial charge in [-0.25, -0.2) is 0 Å². The fourth-order valence-corrected chi connectivity index (χ4v) is 8.21. The molecule has 0 aliphatic carbocycles. The molecule has 11 heteroatoms. The van der Waals surface area contributed by atoms with Crippen molar-refractivity contribution < 1.29 is 43.0 Å². The van der Waals surface area contributed by atoms with E-state index in [-0.39, 0.29) is 0 Å². The van der Waals surface area contributed by atoms with Crippen LogP contribution in [0, 0.1) is 0 Å². The summed E-state index contributed by atoms with van der Waals surface area (Å²) < 4.78 is 36.7. The second kappa shape index (κ2) is 17.1. The molecule has 0 fully saturated rings. The van der Waals surface area contributed by atoms with E-state index < -0.39 is 40.2 Å². The minimum absolute atomic E-state index is 0.363. The van der Waals surface area contributed by atoms with Crippen molar-refractivity contribution in [2.45, 2.75) is 24.8 Å². The van der Waals surface area contributed by atoms with E-state index in [9.17, 15) is 37.9 Å². The maximum absolute atomic E-state index is 12.2. The van der Waals surface area contributed by atoms with Gasteiger partial charge in [-0.2, -0.15) is 13.2 Å². The summed E-state index contributed by atoms with van der Waals surface area (Å²) in [5, 5.41) is 22.9. The van der Waals surface area contributed by atoms with Crippen LogP contribution >= 0.6 is 15.4 Å². The number of hydrogen-bond acceptors (Lipinski definition) is 6. The van der Waals surface area contributed by atoms with Crippen LogP contribution in [-0.4, -0.2) is 42.1 Å².